The normalized spacial score (nSPS) is 14.3. The Kier molecular flexibility index (Phi) is 8.53. The van der Waals surface area contributed by atoms with E-state index in [0.29, 0.717) is 0 Å². The molecule has 1 aliphatic rings. The van der Waals surface area contributed by atoms with Gasteiger partial charge in [0, 0.05) is 42.6 Å². The van der Waals surface area contributed by atoms with Crippen molar-refractivity contribution in [2.75, 3.05) is 13.7 Å². The number of amidine groups is 1. The molecule has 0 spiro atoms. The fraction of sp³-hybridized carbons (Fsp3) is 0.474. The Hall–Kier alpha value is -1.01. The predicted octanol–water partition coefficient (Wildman–Crippen LogP) is 5.13. The fourth-order valence-electron chi connectivity index (χ4n) is 2.56. The number of aryl methyl sites for hydroxylation is 2. The SMILES string of the molecule is COCCCCc1cccc(CCCC2=NC=C(I)CC=N2)c1. The van der Waals surface area contributed by atoms with Gasteiger partial charge in [-0.15, -0.1) is 0 Å². The van der Waals surface area contributed by atoms with Gasteiger partial charge in [-0.1, -0.05) is 24.3 Å². The second-order valence-electron chi connectivity index (χ2n) is 5.76. The average molecular weight is 424 g/mol. The van der Waals surface area contributed by atoms with Gasteiger partial charge in [0.15, 0.2) is 0 Å². The van der Waals surface area contributed by atoms with Gasteiger partial charge in [0.2, 0.25) is 0 Å². The largest absolute Gasteiger partial charge is 0.385 e. The van der Waals surface area contributed by atoms with E-state index in [0.717, 1.165) is 51.0 Å². The van der Waals surface area contributed by atoms with E-state index in [-0.39, 0.29) is 0 Å². The Bertz CT molecular complexity index is 578. The number of hydrogen-bond acceptors (Lipinski definition) is 3. The summed E-state index contributed by atoms with van der Waals surface area (Å²) in [4.78, 5) is 8.88. The summed E-state index contributed by atoms with van der Waals surface area (Å²) in [6, 6.07) is 8.96. The number of ether oxygens (including phenoxy) is 1. The highest BCUT2D eigenvalue weighted by Crippen LogP contribution is 2.15. The second kappa shape index (κ2) is 10.7. The fourth-order valence-corrected chi connectivity index (χ4v) is 2.90. The molecule has 1 heterocycles. The molecule has 2 rings (SSSR count). The number of hydrogen-bond donors (Lipinski definition) is 0. The van der Waals surface area contributed by atoms with Crippen molar-refractivity contribution >= 4 is 34.6 Å². The molecule has 0 bridgehead atoms. The van der Waals surface area contributed by atoms with Crippen LogP contribution in [0.3, 0.4) is 0 Å². The molecule has 0 amide bonds. The molecule has 0 atom stereocenters. The first kappa shape index (κ1) is 18.3. The van der Waals surface area contributed by atoms with E-state index in [1.54, 1.807) is 7.11 Å². The first-order chi connectivity index (χ1) is 11.3. The number of allylic oxidation sites excluding steroid dienone is 1. The highest BCUT2D eigenvalue weighted by Gasteiger charge is 2.02. The van der Waals surface area contributed by atoms with E-state index in [1.807, 2.05) is 12.4 Å². The third-order valence-corrected chi connectivity index (χ3v) is 4.52. The molecule has 3 nitrogen and oxygen atoms in total. The Morgan fingerprint density at radius 3 is 2.65 bits per heavy atom. The van der Waals surface area contributed by atoms with Crippen molar-refractivity contribution in [3.8, 4) is 0 Å². The van der Waals surface area contributed by atoms with Gasteiger partial charge in [-0.05, 0) is 65.8 Å². The minimum Gasteiger partial charge on any atom is -0.385 e. The summed E-state index contributed by atoms with van der Waals surface area (Å²) >= 11 is 2.31. The number of methoxy groups -OCH3 is 1. The molecule has 1 aliphatic heterocycles. The number of benzene rings is 1. The Morgan fingerprint density at radius 2 is 1.87 bits per heavy atom. The van der Waals surface area contributed by atoms with E-state index < -0.39 is 0 Å². The quantitative estimate of drug-likeness (QED) is 0.400. The van der Waals surface area contributed by atoms with Crippen LogP contribution in [0.4, 0.5) is 0 Å². The molecule has 1 aromatic carbocycles. The van der Waals surface area contributed by atoms with Gasteiger partial charge in [0.25, 0.3) is 0 Å². The Balaban J connectivity index is 1.77. The predicted molar refractivity (Wildman–Crippen MR) is 107 cm³/mol. The molecule has 124 valence electrons. The van der Waals surface area contributed by atoms with Crippen molar-refractivity contribution in [3.05, 3.63) is 45.2 Å². The van der Waals surface area contributed by atoms with Crippen molar-refractivity contribution in [2.45, 2.75) is 44.9 Å². The highest BCUT2D eigenvalue weighted by molar-refractivity contribution is 14.1. The summed E-state index contributed by atoms with van der Waals surface area (Å²) in [5.41, 5.74) is 2.85. The molecule has 1 aromatic rings. The maximum Gasteiger partial charge on any atom is 0.127 e. The van der Waals surface area contributed by atoms with Gasteiger partial charge < -0.3 is 4.74 Å². The maximum absolute atomic E-state index is 5.10. The van der Waals surface area contributed by atoms with Crippen LogP contribution in [0.1, 0.15) is 43.2 Å². The van der Waals surface area contributed by atoms with Crippen LogP contribution >= 0.6 is 22.6 Å². The zero-order chi connectivity index (χ0) is 16.3. The topological polar surface area (TPSA) is 34.0 Å². The summed E-state index contributed by atoms with van der Waals surface area (Å²) in [6.45, 7) is 0.857. The zero-order valence-corrected chi connectivity index (χ0v) is 16.0. The molecule has 4 heteroatoms. The molecule has 0 aromatic heterocycles. The van der Waals surface area contributed by atoms with Gasteiger partial charge in [-0.25, -0.2) is 9.98 Å². The van der Waals surface area contributed by atoms with Crippen LogP contribution < -0.4 is 0 Å². The number of rotatable bonds is 9. The summed E-state index contributed by atoms with van der Waals surface area (Å²) in [5, 5.41) is 0. The van der Waals surface area contributed by atoms with Crippen LogP contribution in [0.25, 0.3) is 0 Å². The molecule has 23 heavy (non-hydrogen) atoms. The number of nitrogens with zero attached hydrogens (tertiary/aromatic N) is 2. The van der Waals surface area contributed by atoms with Crippen molar-refractivity contribution in [3.63, 3.8) is 0 Å². The first-order valence-electron chi connectivity index (χ1n) is 8.28. The summed E-state index contributed by atoms with van der Waals surface area (Å²) in [6.07, 6.45) is 11.4. The molecule has 0 fully saturated rings. The van der Waals surface area contributed by atoms with Crippen LogP contribution in [0, 0.1) is 0 Å². The Morgan fingerprint density at radius 1 is 1.09 bits per heavy atom. The molecular formula is C19H25IN2O. The Labute approximate surface area is 153 Å². The van der Waals surface area contributed by atoms with E-state index in [2.05, 4.69) is 56.8 Å². The monoisotopic (exact) mass is 424 g/mol. The van der Waals surface area contributed by atoms with Crippen molar-refractivity contribution in [1.82, 2.24) is 0 Å². The van der Waals surface area contributed by atoms with Crippen LogP contribution in [0.15, 0.2) is 44.0 Å². The van der Waals surface area contributed by atoms with Gasteiger partial charge in [0.05, 0.1) is 0 Å². The third kappa shape index (κ3) is 7.40. The van der Waals surface area contributed by atoms with Crippen LogP contribution in [0.5, 0.6) is 0 Å². The lowest BCUT2D eigenvalue weighted by molar-refractivity contribution is 0.193. The van der Waals surface area contributed by atoms with E-state index >= 15 is 0 Å². The first-order valence-corrected chi connectivity index (χ1v) is 9.36. The van der Waals surface area contributed by atoms with Gasteiger partial charge in [-0.3, -0.25) is 0 Å². The standard InChI is InChI=1S/C19H25IN2O/c1-23-13-3-2-6-16-7-4-8-17(14-16)9-5-10-19-21-12-11-18(20)15-22-19/h4,7-8,12,14-15H,2-3,5-6,9-11,13H2,1H3. The average Bonchev–Trinajstić information content (AvgIpc) is 2.77. The number of aliphatic imine (C=N–C) groups is 2. The van der Waals surface area contributed by atoms with Crippen LogP contribution in [0.2, 0.25) is 0 Å². The molecule has 0 N–H and O–H groups in total. The lowest BCUT2D eigenvalue weighted by atomic mass is 10.0. The van der Waals surface area contributed by atoms with E-state index in [4.69, 9.17) is 4.74 Å². The summed E-state index contributed by atoms with van der Waals surface area (Å²) in [7, 11) is 1.76. The molecule has 0 unspecified atom stereocenters. The van der Waals surface area contributed by atoms with Gasteiger partial charge in [-0.2, -0.15) is 0 Å². The third-order valence-electron chi connectivity index (χ3n) is 3.80. The minimum atomic E-state index is 0.857. The lowest BCUT2D eigenvalue weighted by Gasteiger charge is -2.06. The van der Waals surface area contributed by atoms with Gasteiger partial charge >= 0.3 is 0 Å². The lowest BCUT2D eigenvalue weighted by Crippen LogP contribution is -1.97. The van der Waals surface area contributed by atoms with Crippen LogP contribution in [-0.4, -0.2) is 25.8 Å². The van der Waals surface area contributed by atoms with Gasteiger partial charge in [0.1, 0.15) is 5.84 Å². The maximum atomic E-state index is 5.10. The molecule has 0 aliphatic carbocycles. The van der Waals surface area contributed by atoms with E-state index in [1.165, 1.54) is 21.1 Å². The smallest absolute Gasteiger partial charge is 0.127 e. The summed E-state index contributed by atoms with van der Waals surface area (Å²) in [5.74, 6) is 0.951. The second-order valence-corrected chi connectivity index (χ2v) is 7.15. The number of halogens is 1. The minimum absolute atomic E-state index is 0.857. The zero-order valence-electron chi connectivity index (χ0n) is 13.8. The summed E-state index contributed by atoms with van der Waals surface area (Å²) < 4.78 is 6.34. The molecule has 0 saturated carbocycles. The van der Waals surface area contributed by atoms with E-state index in [9.17, 15) is 0 Å². The molecular weight excluding hydrogens is 399 g/mol. The van der Waals surface area contributed by atoms with Crippen molar-refractivity contribution in [2.24, 2.45) is 9.98 Å². The number of unbranched alkanes of at least 4 members (excludes halogenated alkanes) is 1. The van der Waals surface area contributed by atoms with Crippen molar-refractivity contribution in [1.29, 1.82) is 0 Å². The van der Waals surface area contributed by atoms with Crippen LogP contribution in [-0.2, 0) is 17.6 Å². The highest BCUT2D eigenvalue weighted by atomic mass is 127. The molecule has 0 saturated heterocycles. The van der Waals surface area contributed by atoms with Crippen molar-refractivity contribution < 1.29 is 4.74 Å². The molecule has 0 radical (unpaired) electrons.